The van der Waals surface area contributed by atoms with Crippen molar-refractivity contribution in [3.05, 3.63) is 41.0 Å². The lowest BCUT2D eigenvalue weighted by Gasteiger charge is -2.50. The number of allylic oxidation sites excluding steroid dienone is 1. The van der Waals surface area contributed by atoms with Gasteiger partial charge in [0.25, 0.3) is 0 Å². The Hall–Kier alpha value is -1.61. The molecule has 6 atom stereocenters. The molecular weight excluding hydrogens is 336 g/mol. The van der Waals surface area contributed by atoms with Crippen LogP contribution in [-0.2, 0) is 16.0 Å². The highest BCUT2D eigenvalue weighted by Crippen LogP contribution is 2.66. The number of fused-ring (bicyclic) bond motifs is 7. The molecule has 2 saturated carbocycles. The van der Waals surface area contributed by atoms with Gasteiger partial charge >= 0.3 is 0 Å². The fourth-order valence-corrected chi connectivity index (χ4v) is 7.26. The highest BCUT2D eigenvalue weighted by Gasteiger charge is 2.61. The van der Waals surface area contributed by atoms with Crippen molar-refractivity contribution in [3.8, 4) is 5.75 Å². The van der Waals surface area contributed by atoms with Crippen molar-refractivity contribution in [2.75, 3.05) is 20.8 Å². The molecule has 144 valence electrons. The second-order valence-electron chi connectivity index (χ2n) is 9.39. The van der Waals surface area contributed by atoms with Crippen molar-refractivity contribution in [2.24, 2.45) is 29.1 Å². The first-order valence-electron chi connectivity index (χ1n) is 10.5. The highest BCUT2D eigenvalue weighted by atomic mass is 16.5. The normalized spacial score (nSPS) is 39.3. The molecule has 3 nitrogen and oxygen atoms in total. The second kappa shape index (κ2) is 6.20. The Labute approximate surface area is 162 Å². The number of aryl methyl sites for hydroxylation is 1. The van der Waals surface area contributed by atoms with Gasteiger partial charge in [0.2, 0.25) is 0 Å². The molecule has 0 aromatic heterocycles. The predicted octanol–water partition coefficient (Wildman–Crippen LogP) is 4.55. The van der Waals surface area contributed by atoms with Gasteiger partial charge in [-0.1, -0.05) is 19.1 Å². The van der Waals surface area contributed by atoms with Crippen LogP contribution in [0.2, 0.25) is 0 Å². The maximum atomic E-state index is 13.1. The van der Waals surface area contributed by atoms with E-state index >= 15 is 0 Å². The van der Waals surface area contributed by atoms with Gasteiger partial charge in [0.1, 0.15) is 5.75 Å². The van der Waals surface area contributed by atoms with Crippen LogP contribution >= 0.6 is 0 Å². The SMILES string of the molecule is COCC1=C[C@@H]2C[C@H]3[C@@H]4CCc5cc(OC)ccc5[C@H]4CC[C@]3(C)[C@@H]2C1=O. The largest absolute Gasteiger partial charge is 0.497 e. The lowest BCUT2D eigenvalue weighted by molar-refractivity contribution is -0.124. The Morgan fingerprint density at radius 3 is 2.85 bits per heavy atom. The van der Waals surface area contributed by atoms with Gasteiger partial charge in [-0.25, -0.2) is 0 Å². The van der Waals surface area contributed by atoms with E-state index in [9.17, 15) is 4.79 Å². The van der Waals surface area contributed by atoms with Crippen LogP contribution in [0.5, 0.6) is 5.75 Å². The molecule has 0 N–H and O–H groups in total. The first-order chi connectivity index (χ1) is 13.1. The molecule has 0 bridgehead atoms. The third-order valence-corrected chi connectivity index (χ3v) is 8.35. The van der Waals surface area contributed by atoms with Crippen molar-refractivity contribution >= 4 is 5.78 Å². The van der Waals surface area contributed by atoms with Crippen LogP contribution in [-0.4, -0.2) is 26.6 Å². The zero-order valence-electron chi connectivity index (χ0n) is 16.7. The predicted molar refractivity (Wildman–Crippen MR) is 105 cm³/mol. The van der Waals surface area contributed by atoms with E-state index in [1.807, 2.05) is 0 Å². The van der Waals surface area contributed by atoms with Crippen LogP contribution in [0.25, 0.3) is 0 Å². The molecule has 3 heteroatoms. The average Bonchev–Trinajstić information content (AvgIpc) is 3.15. The molecule has 5 rings (SSSR count). The van der Waals surface area contributed by atoms with E-state index < -0.39 is 0 Å². The molecule has 2 fully saturated rings. The van der Waals surface area contributed by atoms with Crippen molar-refractivity contribution < 1.29 is 14.3 Å². The summed E-state index contributed by atoms with van der Waals surface area (Å²) in [7, 11) is 3.44. The molecule has 4 aliphatic carbocycles. The Balaban J connectivity index is 1.46. The number of Topliss-reactive ketones (excluding diaryl/α,β-unsaturated/α-hetero) is 1. The van der Waals surface area contributed by atoms with Gasteiger partial charge in [0.15, 0.2) is 5.78 Å². The van der Waals surface area contributed by atoms with Crippen LogP contribution in [0.1, 0.15) is 49.7 Å². The summed E-state index contributed by atoms with van der Waals surface area (Å²) in [6, 6.07) is 6.68. The minimum atomic E-state index is 0.166. The minimum Gasteiger partial charge on any atom is -0.497 e. The van der Waals surface area contributed by atoms with E-state index in [2.05, 4.69) is 31.2 Å². The van der Waals surface area contributed by atoms with Crippen LogP contribution in [0.3, 0.4) is 0 Å². The number of ether oxygens (including phenoxy) is 2. The van der Waals surface area contributed by atoms with Crippen molar-refractivity contribution in [1.29, 1.82) is 0 Å². The first-order valence-corrected chi connectivity index (χ1v) is 10.5. The van der Waals surface area contributed by atoms with Crippen LogP contribution in [0.15, 0.2) is 29.8 Å². The molecule has 0 saturated heterocycles. The molecule has 0 amide bonds. The topological polar surface area (TPSA) is 35.5 Å². The molecule has 27 heavy (non-hydrogen) atoms. The minimum absolute atomic E-state index is 0.166. The van der Waals surface area contributed by atoms with E-state index in [0.29, 0.717) is 30.1 Å². The van der Waals surface area contributed by atoms with Crippen LogP contribution < -0.4 is 4.74 Å². The molecule has 1 aromatic rings. The number of methoxy groups -OCH3 is 2. The standard InChI is InChI=1S/C24H30O3/c1-24-9-8-19-18-7-5-17(27-3)11-14(18)4-6-20(19)21(24)12-15-10-16(13-26-2)23(25)22(15)24/h5,7,10-11,15,19-22H,4,6,8-9,12-13H2,1-3H3/t15-,19-,20-,21+,22+,24+/m1/s1. The van der Waals surface area contributed by atoms with Gasteiger partial charge in [-0.2, -0.15) is 0 Å². The highest BCUT2D eigenvalue weighted by molar-refractivity contribution is 6.01. The lowest BCUT2D eigenvalue weighted by atomic mass is 9.54. The van der Waals surface area contributed by atoms with Crippen LogP contribution in [0, 0.1) is 29.1 Å². The third-order valence-electron chi connectivity index (χ3n) is 8.35. The number of carbonyl (C=O) groups excluding carboxylic acids is 1. The van der Waals surface area contributed by atoms with E-state index in [4.69, 9.17) is 9.47 Å². The van der Waals surface area contributed by atoms with Crippen LogP contribution in [0.4, 0.5) is 0 Å². The summed E-state index contributed by atoms with van der Waals surface area (Å²) >= 11 is 0. The van der Waals surface area contributed by atoms with Gasteiger partial charge in [-0.05, 0) is 84.5 Å². The number of rotatable bonds is 3. The van der Waals surface area contributed by atoms with Crippen molar-refractivity contribution in [1.82, 2.24) is 0 Å². The Bertz CT molecular complexity index is 810. The number of benzene rings is 1. The monoisotopic (exact) mass is 366 g/mol. The average molecular weight is 367 g/mol. The smallest absolute Gasteiger partial charge is 0.165 e. The third kappa shape index (κ3) is 2.40. The number of carbonyl (C=O) groups is 1. The lowest BCUT2D eigenvalue weighted by Crippen LogP contribution is -2.44. The van der Waals surface area contributed by atoms with E-state index in [-0.39, 0.29) is 11.3 Å². The summed E-state index contributed by atoms with van der Waals surface area (Å²) in [5, 5.41) is 0. The van der Waals surface area contributed by atoms with E-state index in [1.165, 1.54) is 31.2 Å². The van der Waals surface area contributed by atoms with Crippen molar-refractivity contribution in [3.63, 3.8) is 0 Å². The van der Waals surface area contributed by atoms with Gasteiger partial charge < -0.3 is 9.47 Å². The van der Waals surface area contributed by atoms with E-state index in [1.54, 1.807) is 19.8 Å². The van der Waals surface area contributed by atoms with E-state index in [0.717, 1.165) is 23.7 Å². The number of hydrogen-bond donors (Lipinski definition) is 0. The summed E-state index contributed by atoms with van der Waals surface area (Å²) < 4.78 is 10.7. The van der Waals surface area contributed by atoms with Gasteiger partial charge in [0, 0.05) is 18.6 Å². The van der Waals surface area contributed by atoms with Gasteiger partial charge in [0.05, 0.1) is 13.7 Å². The Kier molecular flexibility index (Phi) is 4.02. The first kappa shape index (κ1) is 17.5. The Morgan fingerprint density at radius 2 is 2.07 bits per heavy atom. The molecule has 0 aliphatic heterocycles. The molecule has 0 unspecified atom stereocenters. The Morgan fingerprint density at radius 1 is 1.22 bits per heavy atom. The summed E-state index contributed by atoms with van der Waals surface area (Å²) in [4.78, 5) is 13.1. The van der Waals surface area contributed by atoms with Crippen molar-refractivity contribution in [2.45, 2.75) is 44.9 Å². The molecule has 1 aromatic carbocycles. The quantitative estimate of drug-likeness (QED) is 0.787. The maximum Gasteiger partial charge on any atom is 0.165 e. The van der Waals surface area contributed by atoms with Gasteiger partial charge in [-0.3, -0.25) is 4.79 Å². The molecular formula is C24H30O3. The van der Waals surface area contributed by atoms with Gasteiger partial charge in [-0.15, -0.1) is 0 Å². The molecule has 0 radical (unpaired) electrons. The maximum absolute atomic E-state index is 13.1. The second-order valence-corrected chi connectivity index (χ2v) is 9.39. The fraction of sp³-hybridized carbons (Fsp3) is 0.625. The molecule has 4 aliphatic rings. The fourth-order valence-electron chi connectivity index (χ4n) is 7.26. The zero-order valence-corrected chi connectivity index (χ0v) is 16.7. The number of ketones is 1. The molecule has 0 spiro atoms. The zero-order chi connectivity index (χ0) is 18.8. The summed E-state index contributed by atoms with van der Waals surface area (Å²) in [6.07, 6.45) is 8.24. The molecule has 0 heterocycles. The number of hydrogen-bond acceptors (Lipinski definition) is 3. The summed E-state index contributed by atoms with van der Waals surface area (Å²) in [5.41, 5.74) is 4.12. The summed E-state index contributed by atoms with van der Waals surface area (Å²) in [5.74, 6) is 4.05. The summed E-state index contributed by atoms with van der Waals surface area (Å²) in [6.45, 7) is 2.90.